The lowest BCUT2D eigenvalue weighted by Crippen LogP contribution is -2.15. The zero-order chi connectivity index (χ0) is 23.8. The number of fused-ring (bicyclic) bond motifs is 1. The summed E-state index contributed by atoms with van der Waals surface area (Å²) in [7, 11) is 2.87. The lowest BCUT2D eigenvalue weighted by molar-refractivity contribution is -0.142. The normalized spacial score (nSPS) is 11.5. The molecule has 4 aromatic rings. The summed E-state index contributed by atoms with van der Waals surface area (Å²) in [6.07, 6.45) is -3.67. The van der Waals surface area contributed by atoms with E-state index in [4.69, 9.17) is 9.47 Å². The van der Waals surface area contributed by atoms with Gasteiger partial charge in [0.2, 0.25) is 0 Å². The number of carbonyl (C=O) groups excluding carboxylic acids is 1. The van der Waals surface area contributed by atoms with Gasteiger partial charge in [0.15, 0.2) is 22.8 Å². The standard InChI is InChI=1S/C22H16F3IN4O3/c1-32-17-8-3-12(9-18(17)33-2)16-10-19(22(23,24)25)30-20(29-16)15(11-27-30)21(31)28-14-6-4-13(26)5-7-14/h3-11H,1-2H3,(H,28,31). The van der Waals surface area contributed by atoms with Crippen molar-refractivity contribution in [2.24, 2.45) is 0 Å². The first-order valence-corrected chi connectivity index (χ1v) is 10.5. The first-order valence-electron chi connectivity index (χ1n) is 9.46. The van der Waals surface area contributed by atoms with Crippen molar-refractivity contribution in [2.75, 3.05) is 19.5 Å². The Morgan fingerprint density at radius 1 is 1.03 bits per heavy atom. The van der Waals surface area contributed by atoms with Crippen LogP contribution in [-0.2, 0) is 6.18 Å². The highest BCUT2D eigenvalue weighted by molar-refractivity contribution is 14.1. The van der Waals surface area contributed by atoms with Crippen molar-refractivity contribution in [2.45, 2.75) is 6.18 Å². The molecule has 0 bridgehead atoms. The summed E-state index contributed by atoms with van der Waals surface area (Å²) in [6.45, 7) is 0. The number of ether oxygens (including phenoxy) is 2. The molecule has 0 aliphatic carbocycles. The van der Waals surface area contributed by atoms with Crippen LogP contribution in [0.1, 0.15) is 16.1 Å². The van der Waals surface area contributed by atoms with Gasteiger partial charge in [-0.05, 0) is 71.1 Å². The van der Waals surface area contributed by atoms with Gasteiger partial charge in [-0.2, -0.15) is 18.3 Å². The molecule has 7 nitrogen and oxygen atoms in total. The van der Waals surface area contributed by atoms with Gasteiger partial charge in [0, 0.05) is 14.8 Å². The van der Waals surface area contributed by atoms with Crippen LogP contribution in [0.15, 0.2) is 54.7 Å². The number of nitrogens with zero attached hydrogens (tertiary/aromatic N) is 3. The summed E-state index contributed by atoms with van der Waals surface area (Å²) >= 11 is 2.12. The Balaban J connectivity index is 1.84. The van der Waals surface area contributed by atoms with E-state index in [-0.39, 0.29) is 16.9 Å². The van der Waals surface area contributed by atoms with Crippen LogP contribution in [0, 0.1) is 3.57 Å². The number of halogens is 4. The molecule has 11 heteroatoms. The Hall–Kier alpha value is -3.35. The Morgan fingerprint density at radius 3 is 2.36 bits per heavy atom. The van der Waals surface area contributed by atoms with Gasteiger partial charge in [0.1, 0.15) is 5.56 Å². The van der Waals surface area contributed by atoms with Crippen LogP contribution < -0.4 is 14.8 Å². The summed E-state index contributed by atoms with van der Waals surface area (Å²) < 4.78 is 53.5. The largest absolute Gasteiger partial charge is 0.493 e. The molecule has 0 saturated carbocycles. The van der Waals surface area contributed by atoms with Gasteiger partial charge in [-0.15, -0.1) is 0 Å². The Kier molecular flexibility index (Phi) is 6.15. The number of amides is 1. The smallest absolute Gasteiger partial charge is 0.433 e. The van der Waals surface area contributed by atoms with Crippen molar-refractivity contribution >= 4 is 39.8 Å². The summed E-state index contributed by atoms with van der Waals surface area (Å²) in [4.78, 5) is 17.2. The first kappa shape index (κ1) is 22.8. The van der Waals surface area contributed by atoms with Gasteiger partial charge in [0.25, 0.3) is 5.91 Å². The Bertz CT molecular complexity index is 1340. The second kappa shape index (κ2) is 8.89. The van der Waals surface area contributed by atoms with Gasteiger partial charge < -0.3 is 14.8 Å². The second-order valence-electron chi connectivity index (χ2n) is 6.85. The fourth-order valence-electron chi connectivity index (χ4n) is 3.20. The lowest BCUT2D eigenvalue weighted by atomic mass is 10.1. The van der Waals surface area contributed by atoms with Crippen LogP contribution in [0.3, 0.4) is 0 Å². The van der Waals surface area contributed by atoms with E-state index < -0.39 is 17.8 Å². The van der Waals surface area contributed by atoms with Gasteiger partial charge in [-0.1, -0.05) is 0 Å². The van der Waals surface area contributed by atoms with Crippen molar-refractivity contribution < 1.29 is 27.4 Å². The van der Waals surface area contributed by atoms with E-state index in [0.717, 1.165) is 15.8 Å². The van der Waals surface area contributed by atoms with Gasteiger partial charge in [0.05, 0.1) is 26.1 Å². The number of aromatic nitrogens is 3. The van der Waals surface area contributed by atoms with E-state index in [1.807, 2.05) is 0 Å². The molecule has 0 spiro atoms. The number of hydrogen-bond donors (Lipinski definition) is 1. The second-order valence-corrected chi connectivity index (χ2v) is 8.09. The number of hydrogen-bond acceptors (Lipinski definition) is 5. The number of anilines is 1. The third kappa shape index (κ3) is 4.58. The van der Waals surface area contributed by atoms with E-state index in [2.05, 4.69) is 38.0 Å². The Morgan fingerprint density at radius 2 is 1.73 bits per heavy atom. The topological polar surface area (TPSA) is 77.8 Å². The van der Waals surface area contributed by atoms with Crippen LogP contribution in [0.5, 0.6) is 11.5 Å². The van der Waals surface area contributed by atoms with Crippen LogP contribution in [0.2, 0.25) is 0 Å². The molecule has 1 amide bonds. The van der Waals surface area contributed by atoms with E-state index in [1.54, 1.807) is 36.4 Å². The van der Waals surface area contributed by atoms with Crippen molar-refractivity contribution in [3.63, 3.8) is 0 Å². The highest BCUT2D eigenvalue weighted by Gasteiger charge is 2.36. The van der Waals surface area contributed by atoms with Crippen LogP contribution in [0.4, 0.5) is 18.9 Å². The molecule has 1 N–H and O–H groups in total. The van der Waals surface area contributed by atoms with Gasteiger partial charge >= 0.3 is 6.18 Å². The number of benzene rings is 2. The molecule has 2 aromatic heterocycles. The molecule has 0 aliphatic rings. The highest BCUT2D eigenvalue weighted by atomic mass is 127. The maximum Gasteiger partial charge on any atom is 0.433 e. The third-order valence-corrected chi connectivity index (χ3v) is 5.51. The van der Waals surface area contributed by atoms with Crippen LogP contribution in [-0.4, -0.2) is 34.7 Å². The molecule has 0 radical (unpaired) electrons. The summed E-state index contributed by atoms with van der Waals surface area (Å²) in [5, 5.41) is 6.45. The molecule has 0 aliphatic heterocycles. The fraction of sp³-hybridized carbons (Fsp3) is 0.136. The number of nitrogens with one attached hydrogen (secondary N) is 1. The molecule has 4 rings (SSSR count). The quantitative estimate of drug-likeness (QED) is 0.332. The molecule has 0 fully saturated rings. The summed E-state index contributed by atoms with van der Waals surface area (Å²) in [5.74, 6) is 0.118. The minimum absolute atomic E-state index is 0.000377. The highest BCUT2D eigenvalue weighted by Crippen LogP contribution is 2.35. The Labute approximate surface area is 199 Å². The summed E-state index contributed by atoms with van der Waals surface area (Å²) in [6, 6.07) is 12.5. The van der Waals surface area contributed by atoms with E-state index in [9.17, 15) is 18.0 Å². The SMILES string of the molecule is COc1ccc(-c2cc(C(F)(F)F)n3ncc(C(=O)Nc4ccc(I)cc4)c3n2)cc1OC. The predicted octanol–water partition coefficient (Wildman–Crippen LogP) is 5.29. The minimum atomic E-state index is -4.73. The molecule has 0 saturated heterocycles. The molecular formula is C22H16F3IN4O3. The molecule has 170 valence electrons. The van der Waals surface area contributed by atoms with E-state index >= 15 is 0 Å². The monoisotopic (exact) mass is 568 g/mol. The van der Waals surface area contributed by atoms with Crippen molar-refractivity contribution in [1.82, 2.24) is 14.6 Å². The predicted molar refractivity (Wildman–Crippen MR) is 124 cm³/mol. The van der Waals surface area contributed by atoms with Crippen molar-refractivity contribution in [3.05, 3.63) is 69.6 Å². The maximum absolute atomic E-state index is 13.8. The molecule has 2 aromatic carbocycles. The zero-order valence-electron chi connectivity index (χ0n) is 17.3. The van der Waals surface area contributed by atoms with Crippen molar-refractivity contribution in [3.8, 4) is 22.8 Å². The van der Waals surface area contributed by atoms with Gasteiger partial charge in [-0.25, -0.2) is 9.50 Å². The van der Waals surface area contributed by atoms with Crippen LogP contribution in [0.25, 0.3) is 16.9 Å². The molecule has 0 atom stereocenters. The summed E-state index contributed by atoms with van der Waals surface area (Å²) in [5.41, 5.74) is -0.540. The zero-order valence-corrected chi connectivity index (χ0v) is 19.4. The van der Waals surface area contributed by atoms with E-state index in [0.29, 0.717) is 27.3 Å². The number of rotatable bonds is 5. The van der Waals surface area contributed by atoms with Gasteiger partial charge in [-0.3, -0.25) is 4.79 Å². The number of carbonyl (C=O) groups is 1. The minimum Gasteiger partial charge on any atom is -0.493 e. The lowest BCUT2D eigenvalue weighted by Gasteiger charge is -2.13. The average Bonchev–Trinajstić information content (AvgIpc) is 3.22. The number of methoxy groups -OCH3 is 2. The molecular weight excluding hydrogens is 552 g/mol. The van der Waals surface area contributed by atoms with Crippen molar-refractivity contribution in [1.29, 1.82) is 0 Å². The van der Waals surface area contributed by atoms with Crippen LogP contribution >= 0.6 is 22.6 Å². The number of alkyl halides is 3. The van der Waals surface area contributed by atoms with E-state index in [1.165, 1.54) is 20.3 Å². The average molecular weight is 568 g/mol. The maximum atomic E-state index is 13.8. The first-order chi connectivity index (χ1) is 15.7. The third-order valence-electron chi connectivity index (χ3n) is 4.79. The molecule has 0 unspecified atom stereocenters. The molecule has 33 heavy (non-hydrogen) atoms. The fourth-order valence-corrected chi connectivity index (χ4v) is 3.56. The molecule has 2 heterocycles.